The van der Waals surface area contributed by atoms with Crippen LogP contribution in [0.25, 0.3) is 0 Å². The van der Waals surface area contributed by atoms with E-state index in [0.717, 1.165) is 11.0 Å². The Morgan fingerprint density at radius 1 is 1.67 bits per heavy atom. The average molecular weight is 225 g/mol. The lowest BCUT2D eigenvalue weighted by molar-refractivity contribution is 0.662. The minimum Gasteiger partial charge on any atom is -0.351 e. The number of thiazole rings is 1. The van der Waals surface area contributed by atoms with Crippen molar-refractivity contribution in [2.24, 2.45) is 5.92 Å². The van der Waals surface area contributed by atoms with Crippen molar-refractivity contribution >= 4 is 16.5 Å². The van der Waals surface area contributed by atoms with Gasteiger partial charge in [0.1, 0.15) is 0 Å². The molecule has 3 nitrogen and oxygen atoms in total. The molecule has 84 valence electrons. The van der Waals surface area contributed by atoms with Gasteiger partial charge in [-0.3, -0.25) is 0 Å². The molecule has 2 rings (SSSR count). The molecule has 1 N–H and O–H groups in total. The summed E-state index contributed by atoms with van der Waals surface area (Å²) >= 11 is 1.80. The Morgan fingerprint density at radius 3 is 3.00 bits per heavy atom. The number of rotatable bonds is 5. The van der Waals surface area contributed by atoms with Gasteiger partial charge >= 0.3 is 0 Å². The molecule has 1 atom stereocenters. The zero-order chi connectivity index (χ0) is 10.8. The second-order valence-electron chi connectivity index (χ2n) is 4.38. The number of anilines is 1. The van der Waals surface area contributed by atoms with E-state index in [1.54, 1.807) is 11.3 Å². The van der Waals surface area contributed by atoms with Gasteiger partial charge in [-0.2, -0.15) is 0 Å². The van der Waals surface area contributed by atoms with Crippen LogP contribution in [0.3, 0.4) is 0 Å². The smallest absolute Gasteiger partial charge is 0.185 e. The van der Waals surface area contributed by atoms with Crippen LogP contribution in [0.5, 0.6) is 0 Å². The molecule has 1 aliphatic carbocycles. The summed E-state index contributed by atoms with van der Waals surface area (Å²) in [4.78, 5) is 8.07. The molecule has 1 fully saturated rings. The Morgan fingerprint density at radius 2 is 2.40 bits per heavy atom. The first-order valence-corrected chi connectivity index (χ1v) is 6.36. The van der Waals surface area contributed by atoms with E-state index in [-0.39, 0.29) is 0 Å². The zero-order valence-corrected chi connectivity index (χ0v) is 10.5. The molecule has 1 aromatic heterocycles. The average Bonchev–Trinajstić information content (AvgIpc) is 2.91. The number of aromatic nitrogens is 1. The topological polar surface area (TPSA) is 28.2 Å². The third-order valence-corrected chi connectivity index (χ3v) is 4.22. The highest BCUT2D eigenvalue weighted by molar-refractivity contribution is 7.15. The summed E-state index contributed by atoms with van der Waals surface area (Å²) in [5, 5.41) is 4.39. The van der Waals surface area contributed by atoms with Crippen LogP contribution in [0.4, 0.5) is 5.13 Å². The minimum atomic E-state index is 0.408. The summed E-state index contributed by atoms with van der Waals surface area (Å²) in [6, 6.07) is 0.408. The van der Waals surface area contributed by atoms with Gasteiger partial charge in [-0.1, -0.05) is 0 Å². The third-order valence-electron chi connectivity index (χ3n) is 2.93. The maximum atomic E-state index is 4.47. The molecular formula is C11H19N3S. The lowest BCUT2D eigenvalue weighted by atomic mass is 10.3. The Bertz CT molecular complexity index is 319. The predicted octanol–water partition coefficient (Wildman–Crippen LogP) is 2.27. The molecule has 1 aliphatic rings. The molecule has 0 saturated heterocycles. The van der Waals surface area contributed by atoms with Gasteiger partial charge in [-0.25, -0.2) is 4.98 Å². The van der Waals surface area contributed by atoms with E-state index in [1.807, 2.05) is 13.2 Å². The SMILES string of the molecule is CNC(C)c1cnc(N(C)CC2CC2)s1. The zero-order valence-electron chi connectivity index (χ0n) is 9.66. The van der Waals surface area contributed by atoms with E-state index in [1.165, 1.54) is 24.3 Å². The largest absolute Gasteiger partial charge is 0.351 e. The highest BCUT2D eigenvalue weighted by Crippen LogP contribution is 2.32. The maximum Gasteiger partial charge on any atom is 0.185 e. The van der Waals surface area contributed by atoms with E-state index < -0.39 is 0 Å². The van der Waals surface area contributed by atoms with E-state index in [2.05, 4.69) is 29.2 Å². The summed E-state index contributed by atoms with van der Waals surface area (Å²) in [5.41, 5.74) is 0. The van der Waals surface area contributed by atoms with Crippen molar-refractivity contribution in [3.63, 3.8) is 0 Å². The van der Waals surface area contributed by atoms with E-state index in [0.29, 0.717) is 6.04 Å². The van der Waals surface area contributed by atoms with Gasteiger partial charge in [0.15, 0.2) is 5.13 Å². The molecule has 1 aromatic rings. The van der Waals surface area contributed by atoms with Gasteiger partial charge in [0, 0.05) is 30.7 Å². The van der Waals surface area contributed by atoms with Crippen molar-refractivity contribution in [3.8, 4) is 0 Å². The Kier molecular flexibility index (Phi) is 3.26. The Hall–Kier alpha value is -0.610. The number of nitrogens with zero attached hydrogens (tertiary/aromatic N) is 2. The molecule has 4 heteroatoms. The van der Waals surface area contributed by atoms with Gasteiger partial charge < -0.3 is 10.2 Å². The lowest BCUT2D eigenvalue weighted by Gasteiger charge is -2.14. The van der Waals surface area contributed by atoms with Crippen LogP contribution in [0.2, 0.25) is 0 Å². The van der Waals surface area contributed by atoms with Gasteiger partial charge in [0.2, 0.25) is 0 Å². The van der Waals surface area contributed by atoms with Crippen molar-refractivity contribution in [3.05, 3.63) is 11.1 Å². The monoisotopic (exact) mass is 225 g/mol. The van der Waals surface area contributed by atoms with Gasteiger partial charge in [0.25, 0.3) is 0 Å². The van der Waals surface area contributed by atoms with E-state index >= 15 is 0 Å². The van der Waals surface area contributed by atoms with Crippen LogP contribution in [0.1, 0.15) is 30.7 Å². The van der Waals surface area contributed by atoms with Gasteiger partial charge in [-0.15, -0.1) is 11.3 Å². The Labute approximate surface area is 95.5 Å². The third kappa shape index (κ3) is 2.69. The summed E-state index contributed by atoms with van der Waals surface area (Å²) in [7, 11) is 4.13. The molecule has 0 spiro atoms. The summed E-state index contributed by atoms with van der Waals surface area (Å²) < 4.78 is 0. The standard InChI is InChI=1S/C11H19N3S/c1-8(12-2)10-6-13-11(15-10)14(3)7-9-4-5-9/h6,8-9,12H,4-5,7H2,1-3H3. The maximum absolute atomic E-state index is 4.47. The molecule has 0 bridgehead atoms. The van der Waals surface area contributed by atoms with Gasteiger partial charge in [-0.05, 0) is 32.7 Å². The molecular weight excluding hydrogens is 206 g/mol. The van der Waals surface area contributed by atoms with Crippen molar-refractivity contribution in [1.29, 1.82) is 0 Å². The number of nitrogens with one attached hydrogen (secondary N) is 1. The molecule has 0 aromatic carbocycles. The number of hydrogen-bond donors (Lipinski definition) is 1. The molecule has 1 unspecified atom stereocenters. The van der Waals surface area contributed by atoms with Crippen molar-refractivity contribution < 1.29 is 0 Å². The van der Waals surface area contributed by atoms with Crippen LogP contribution < -0.4 is 10.2 Å². The normalized spacial score (nSPS) is 17.8. The fourth-order valence-electron chi connectivity index (χ4n) is 1.56. The molecule has 1 saturated carbocycles. The first-order valence-electron chi connectivity index (χ1n) is 5.55. The van der Waals surface area contributed by atoms with Crippen molar-refractivity contribution in [1.82, 2.24) is 10.3 Å². The fraction of sp³-hybridized carbons (Fsp3) is 0.727. The van der Waals surface area contributed by atoms with Crippen molar-refractivity contribution in [2.45, 2.75) is 25.8 Å². The van der Waals surface area contributed by atoms with E-state index in [9.17, 15) is 0 Å². The summed E-state index contributed by atoms with van der Waals surface area (Å²) in [6.45, 7) is 3.33. The summed E-state index contributed by atoms with van der Waals surface area (Å²) in [6.07, 6.45) is 4.79. The molecule has 0 aliphatic heterocycles. The van der Waals surface area contributed by atoms with Crippen LogP contribution in [-0.2, 0) is 0 Å². The predicted molar refractivity (Wildman–Crippen MR) is 65.6 cm³/mol. The van der Waals surface area contributed by atoms with Crippen molar-refractivity contribution in [2.75, 3.05) is 25.5 Å². The second-order valence-corrected chi connectivity index (χ2v) is 5.42. The minimum absolute atomic E-state index is 0.408. The first kappa shape index (κ1) is 10.9. The van der Waals surface area contributed by atoms with Crippen LogP contribution in [0.15, 0.2) is 6.20 Å². The fourth-order valence-corrected chi connectivity index (χ4v) is 2.51. The lowest BCUT2D eigenvalue weighted by Crippen LogP contribution is -2.19. The highest BCUT2D eigenvalue weighted by Gasteiger charge is 2.24. The molecule has 15 heavy (non-hydrogen) atoms. The van der Waals surface area contributed by atoms with Gasteiger partial charge in [0.05, 0.1) is 0 Å². The first-order chi connectivity index (χ1) is 7.20. The molecule has 0 amide bonds. The second kappa shape index (κ2) is 4.49. The highest BCUT2D eigenvalue weighted by atomic mass is 32.1. The van der Waals surface area contributed by atoms with E-state index in [4.69, 9.17) is 0 Å². The number of hydrogen-bond acceptors (Lipinski definition) is 4. The Balaban J connectivity index is 1.98. The quantitative estimate of drug-likeness (QED) is 0.833. The molecule has 1 heterocycles. The van der Waals surface area contributed by atoms with Crippen LogP contribution >= 0.6 is 11.3 Å². The van der Waals surface area contributed by atoms with Crippen LogP contribution in [0, 0.1) is 5.92 Å². The molecule has 0 radical (unpaired) electrons. The summed E-state index contributed by atoms with van der Waals surface area (Å²) in [5.74, 6) is 0.920. The van der Waals surface area contributed by atoms with Crippen LogP contribution in [-0.4, -0.2) is 25.6 Å².